The normalized spacial score (nSPS) is 25.0. The Balaban J connectivity index is 1.74. The van der Waals surface area contributed by atoms with Crippen molar-refractivity contribution in [3.05, 3.63) is 47.5 Å². The highest BCUT2D eigenvalue weighted by molar-refractivity contribution is 5.97. The molecule has 0 aromatic heterocycles. The molecular weight excluding hydrogens is 366 g/mol. The largest absolute Gasteiger partial charge is 0.466 e. The minimum Gasteiger partial charge on any atom is -0.466 e. The minimum atomic E-state index is -0.392. The van der Waals surface area contributed by atoms with Crippen LogP contribution in [0.5, 0.6) is 0 Å². The van der Waals surface area contributed by atoms with Gasteiger partial charge in [-0.2, -0.15) is 0 Å². The van der Waals surface area contributed by atoms with Crippen LogP contribution in [0, 0.1) is 17.8 Å². The third kappa shape index (κ3) is 5.14. The quantitative estimate of drug-likeness (QED) is 0.333. The number of carbonyl (C=O) groups is 2. The first-order valence-corrected chi connectivity index (χ1v) is 10.4. The maximum Gasteiger partial charge on any atom is 0.306 e. The molecule has 1 aromatic rings. The molecule has 0 amide bonds. The third-order valence-corrected chi connectivity index (χ3v) is 5.78. The summed E-state index contributed by atoms with van der Waals surface area (Å²) in [5.41, 5.74) is 2.35. The van der Waals surface area contributed by atoms with E-state index < -0.39 is 6.10 Å². The Bertz CT molecular complexity index is 825. The Morgan fingerprint density at radius 3 is 2.72 bits per heavy atom. The lowest BCUT2D eigenvalue weighted by Gasteiger charge is -2.46. The second-order valence-electron chi connectivity index (χ2n) is 7.67. The zero-order chi connectivity index (χ0) is 20.8. The van der Waals surface area contributed by atoms with E-state index in [1.165, 1.54) is 0 Å². The molecule has 29 heavy (non-hydrogen) atoms. The van der Waals surface area contributed by atoms with Crippen molar-refractivity contribution in [3.8, 4) is 11.8 Å². The molecule has 2 bridgehead atoms. The van der Waals surface area contributed by atoms with Gasteiger partial charge in [0.15, 0.2) is 5.78 Å². The van der Waals surface area contributed by atoms with Crippen LogP contribution in [-0.4, -0.2) is 53.6 Å². The summed E-state index contributed by atoms with van der Waals surface area (Å²) in [5.74, 6) is 6.41. The van der Waals surface area contributed by atoms with Gasteiger partial charge < -0.3 is 9.84 Å². The van der Waals surface area contributed by atoms with Gasteiger partial charge in [0.2, 0.25) is 0 Å². The number of hydrogen-bond donors (Lipinski definition) is 1. The van der Waals surface area contributed by atoms with E-state index in [0.717, 1.165) is 37.1 Å². The fourth-order valence-corrected chi connectivity index (χ4v) is 4.15. The Kier molecular flexibility index (Phi) is 7.24. The highest BCUT2D eigenvalue weighted by Gasteiger charge is 2.40. The van der Waals surface area contributed by atoms with E-state index in [-0.39, 0.29) is 30.6 Å². The summed E-state index contributed by atoms with van der Waals surface area (Å²) in [6.07, 6.45) is 4.30. The predicted octanol–water partition coefficient (Wildman–Crippen LogP) is 2.75. The van der Waals surface area contributed by atoms with Gasteiger partial charge >= 0.3 is 5.97 Å². The van der Waals surface area contributed by atoms with Crippen LogP contribution >= 0.6 is 0 Å². The van der Waals surface area contributed by atoms with Gasteiger partial charge in [-0.3, -0.25) is 14.5 Å². The Morgan fingerprint density at radius 1 is 1.31 bits per heavy atom. The van der Waals surface area contributed by atoms with Crippen molar-refractivity contribution < 1.29 is 19.4 Å². The number of allylic oxidation sites excluding steroid dienone is 1. The summed E-state index contributed by atoms with van der Waals surface area (Å²) in [7, 11) is 0. The molecule has 0 radical (unpaired) electrons. The molecule has 3 heterocycles. The summed E-state index contributed by atoms with van der Waals surface area (Å²) < 4.78 is 4.88. The van der Waals surface area contributed by atoms with Crippen LogP contribution in [0.25, 0.3) is 0 Å². The highest BCUT2D eigenvalue weighted by atomic mass is 16.5. The minimum absolute atomic E-state index is 0.0849. The SMILES string of the molecule is C=CCc1cc(C(=O)CCC(=O)OCC)ccc1C#CC1C(O)C2CCN1CC2. The van der Waals surface area contributed by atoms with Crippen LogP contribution in [0.1, 0.15) is 54.1 Å². The summed E-state index contributed by atoms with van der Waals surface area (Å²) >= 11 is 0. The van der Waals surface area contributed by atoms with Gasteiger partial charge in [0.25, 0.3) is 0 Å². The summed E-state index contributed by atoms with van der Waals surface area (Å²) in [4.78, 5) is 26.2. The van der Waals surface area contributed by atoms with Crippen molar-refractivity contribution in [1.82, 2.24) is 4.90 Å². The smallest absolute Gasteiger partial charge is 0.306 e. The van der Waals surface area contributed by atoms with Gasteiger partial charge in [0.1, 0.15) is 0 Å². The monoisotopic (exact) mass is 395 g/mol. The molecule has 3 aliphatic rings. The number of hydrogen-bond acceptors (Lipinski definition) is 5. The first kappa shape index (κ1) is 21.3. The van der Waals surface area contributed by atoms with E-state index in [9.17, 15) is 14.7 Å². The third-order valence-electron chi connectivity index (χ3n) is 5.78. The summed E-state index contributed by atoms with van der Waals surface area (Å²) in [5, 5.41) is 10.5. The first-order valence-electron chi connectivity index (χ1n) is 10.4. The van der Waals surface area contributed by atoms with E-state index in [1.54, 1.807) is 19.1 Å². The molecule has 3 fully saturated rings. The molecule has 0 aliphatic carbocycles. The zero-order valence-corrected chi connectivity index (χ0v) is 17.0. The van der Waals surface area contributed by atoms with Gasteiger partial charge in [-0.1, -0.05) is 24.0 Å². The molecule has 4 rings (SSSR count). The topological polar surface area (TPSA) is 66.8 Å². The summed E-state index contributed by atoms with van der Waals surface area (Å²) in [6.45, 7) is 7.85. The molecule has 2 unspecified atom stereocenters. The highest BCUT2D eigenvalue weighted by Crippen LogP contribution is 2.32. The first-order chi connectivity index (χ1) is 14.0. The number of Topliss-reactive ketones (excluding diaryl/α,β-unsaturated/α-hetero) is 1. The van der Waals surface area contributed by atoms with E-state index in [1.807, 2.05) is 12.1 Å². The molecule has 0 spiro atoms. The van der Waals surface area contributed by atoms with Crippen molar-refractivity contribution in [3.63, 3.8) is 0 Å². The number of aliphatic hydroxyl groups excluding tert-OH is 1. The molecule has 3 saturated heterocycles. The lowest BCUT2D eigenvalue weighted by atomic mass is 9.81. The Morgan fingerprint density at radius 2 is 2.07 bits per heavy atom. The van der Waals surface area contributed by atoms with Gasteiger partial charge in [0.05, 0.1) is 25.2 Å². The average molecular weight is 395 g/mol. The molecule has 3 aliphatic heterocycles. The molecule has 0 saturated carbocycles. The lowest BCUT2D eigenvalue weighted by Crippen LogP contribution is -2.57. The number of ether oxygens (including phenoxy) is 1. The lowest BCUT2D eigenvalue weighted by molar-refractivity contribution is -0.143. The molecule has 5 nitrogen and oxygen atoms in total. The van der Waals surface area contributed by atoms with Gasteiger partial charge in [-0.25, -0.2) is 0 Å². The van der Waals surface area contributed by atoms with Crippen molar-refractivity contribution in [2.45, 2.75) is 51.2 Å². The number of piperidine rings is 3. The maximum absolute atomic E-state index is 12.4. The van der Waals surface area contributed by atoms with Crippen LogP contribution in [-0.2, 0) is 16.0 Å². The van der Waals surface area contributed by atoms with Crippen molar-refractivity contribution >= 4 is 11.8 Å². The van der Waals surface area contributed by atoms with Crippen molar-refractivity contribution in [1.29, 1.82) is 0 Å². The standard InChI is InChI=1S/C24H29NO4/c1-3-5-19-16-20(22(26)10-11-23(27)29-4-2)7-6-17(19)8-9-21-24(28)18-12-14-25(21)15-13-18/h3,6-7,16,18,21,24,28H,1,4-5,10-15H2,2H3. The Hall–Kier alpha value is -2.42. The second-order valence-corrected chi connectivity index (χ2v) is 7.67. The molecule has 5 heteroatoms. The van der Waals surface area contributed by atoms with Gasteiger partial charge in [-0.05, 0) is 62.9 Å². The number of fused-ring (bicyclic) bond motifs is 3. The average Bonchev–Trinajstić information content (AvgIpc) is 2.73. The maximum atomic E-state index is 12.4. The van der Waals surface area contributed by atoms with Crippen LogP contribution < -0.4 is 0 Å². The number of nitrogens with zero attached hydrogens (tertiary/aromatic N) is 1. The van der Waals surface area contributed by atoms with E-state index in [2.05, 4.69) is 23.3 Å². The summed E-state index contributed by atoms with van der Waals surface area (Å²) in [6, 6.07) is 5.33. The van der Waals surface area contributed by atoms with Crippen LogP contribution in [0.15, 0.2) is 30.9 Å². The van der Waals surface area contributed by atoms with Gasteiger partial charge in [0, 0.05) is 17.5 Å². The molecule has 1 aromatic carbocycles. The predicted molar refractivity (Wildman–Crippen MR) is 112 cm³/mol. The molecule has 2 atom stereocenters. The van der Waals surface area contributed by atoms with Crippen LogP contribution in [0.2, 0.25) is 0 Å². The molecule has 1 N–H and O–H groups in total. The number of benzene rings is 1. The van der Waals surface area contributed by atoms with E-state index in [4.69, 9.17) is 4.74 Å². The number of aliphatic hydroxyl groups is 1. The molecular formula is C24H29NO4. The van der Waals surface area contributed by atoms with Crippen molar-refractivity contribution in [2.75, 3.05) is 19.7 Å². The zero-order valence-electron chi connectivity index (χ0n) is 17.0. The number of rotatable bonds is 7. The number of carbonyl (C=O) groups excluding carboxylic acids is 2. The van der Waals surface area contributed by atoms with E-state index in [0.29, 0.717) is 24.5 Å². The number of ketones is 1. The van der Waals surface area contributed by atoms with E-state index >= 15 is 0 Å². The second kappa shape index (κ2) is 9.87. The Labute approximate surface area is 172 Å². The van der Waals surface area contributed by atoms with Gasteiger partial charge in [-0.15, -0.1) is 6.58 Å². The van der Waals surface area contributed by atoms with Crippen molar-refractivity contribution in [2.24, 2.45) is 5.92 Å². The van der Waals surface area contributed by atoms with Crippen LogP contribution in [0.4, 0.5) is 0 Å². The number of esters is 1. The van der Waals surface area contributed by atoms with Crippen LogP contribution in [0.3, 0.4) is 0 Å². The fourth-order valence-electron chi connectivity index (χ4n) is 4.15. The molecule has 154 valence electrons. The fraction of sp³-hybridized carbons (Fsp3) is 0.500.